The van der Waals surface area contributed by atoms with E-state index in [1.54, 1.807) is 13.8 Å². The number of nitrogens with one attached hydrogen (secondary N) is 1. The van der Waals surface area contributed by atoms with Crippen LogP contribution in [0.4, 0.5) is 0 Å². The van der Waals surface area contributed by atoms with Gasteiger partial charge in [-0.2, -0.15) is 0 Å². The topological polar surface area (TPSA) is 113 Å². The van der Waals surface area contributed by atoms with Gasteiger partial charge in [0.2, 0.25) is 5.91 Å². The second-order valence-electron chi connectivity index (χ2n) is 4.14. The molecule has 15 heavy (non-hydrogen) atoms. The van der Waals surface area contributed by atoms with E-state index < -0.39 is 23.5 Å². The van der Waals surface area contributed by atoms with Crippen molar-refractivity contribution in [2.24, 2.45) is 5.73 Å². The van der Waals surface area contributed by atoms with Crippen molar-refractivity contribution in [1.29, 1.82) is 0 Å². The molecule has 0 aliphatic rings. The summed E-state index contributed by atoms with van der Waals surface area (Å²) >= 11 is 0. The van der Waals surface area contributed by atoms with Crippen molar-refractivity contribution in [1.82, 2.24) is 5.32 Å². The molecule has 88 valence electrons. The number of nitrogens with two attached hydrogens (primary N) is 1. The Morgan fingerprint density at radius 3 is 2.33 bits per heavy atom. The molecule has 0 aliphatic carbocycles. The molecule has 6 nitrogen and oxygen atoms in total. The zero-order valence-electron chi connectivity index (χ0n) is 8.99. The van der Waals surface area contributed by atoms with Crippen molar-refractivity contribution in [3.8, 4) is 0 Å². The summed E-state index contributed by atoms with van der Waals surface area (Å²) < 4.78 is 0. The third-order valence-corrected chi connectivity index (χ3v) is 1.67. The molecule has 0 spiro atoms. The molecule has 1 amide bonds. The summed E-state index contributed by atoms with van der Waals surface area (Å²) in [5, 5.41) is 19.6. The Hall–Kier alpha value is -1.14. The Kier molecular flexibility index (Phi) is 5.24. The highest BCUT2D eigenvalue weighted by Crippen LogP contribution is 2.03. The van der Waals surface area contributed by atoms with Crippen LogP contribution in [0.5, 0.6) is 0 Å². The third-order valence-electron chi connectivity index (χ3n) is 1.67. The Morgan fingerprint density at radius 2 is 2.00 bits per heavy atom. The summed E-state index contributed by atoms with van der Waals surface area (Å²) in [4.78, 5) is 21.9. The van der Waals surface area contributed by atoms with E-state index >= 15 is 0 Å². The average molecular weight is 218 g/mol. The van der Waals surface area contributed by atoms with Gasteiger partial charge in [-0.15, -0.1) is 0 Å². The van der Waals surface area contributed by atoms with Gasteiger partial charge in [0.05, 0.1) is 0 Å². The summed E-state index contributed by atoms with van der Waals surface area (Å²) in [5.74, 6) is -1.59. The molecule has 0 bridgehead atoms. The van der Waals surface area contributed by atoms with Crippen LogP contribution in [0.3, 0.4) is 0 Å². The minimum atomic E-state index is -1.16. The second kappa shape index (κ2) is 5.67. The van der Waals surface area contributed by atoms with Crippen LogP contribution in [0.2, 0.25) is 0 Å². The normalized spacial score (nSPS) is 13.3. The van der Waals surface area contributed by atoms with E-state index in [-0.39, 0.29) is 19.4 Å². The van der Waals surface area contributed by atoms with Gasteiger partial charge >= 0.3 is 5.97 Å². The number of rotatable bonds is 6. The van der Waals surface area contributed by atoms with E-state index in [0.717, 1.165) is 0 Å². The number of hydrogen-bond donors (Lipinski definition) is 4. The number of carbonyl (C=O) groups excluding carboxylic acids is 1. The first-order chi connectivity index (χ1) is 6.76. The molecule has 1 atom stereocenters. The number of hydrogen-bond acceptors (Lipinski definition) is 4. The third kappa shape index (κ3) is 6.87. The first-order valence-corrected chi connectivity index (χ1v) is 4.68. The van der Waals surface area contributed by atoms with Crippen LogP contribution in [0.15, 0.2) is 0 Å². The van der Waals surface area contributed by atoms with Crippen LogP contribution in [0.1, 0.15) is 26.7 Å². The predicted molar refractivity (Wildman–Crippen MR) is 54.2 cm³/mol. The molecule has 0 radical (unpaired) electrons. The summed E-state index contributed by atoms with van der Waals surface area (Å²) in [6, 6.07) is -1.05. The zero-order valence-corrected chi connectivity index (χ0v) is 8.99. The predicted octanol–water partition coefficient (Wildman–Crippen LogP) is -0.934. The molecule has 0 saturated carbocycles. The molecule has 5 N–H and O–H groups in total. The second-order valence-corrected chi connectivity index (χ2v) is 4.14. The fraction of sp³-hybridized carbons (Fsp3) is 0.778. The molecule has 0 aliphatic heterocycles. The highest BCUT2D eigenvalue weighted by molar-refractivity contribution is 5.84. The van der Waals surface area contributed by atoms with E-state index in [4.69, 9.17) is 15.9 Å². The zero-order chi connectivity index (χ0) is 12.1. The van der Waals surface area contributed by atoms with Gasteiger partial charge in [0.15, 0.2) is 0 Å². The summed E-state index contributed by atoms with van der Waals surface area (Å²) in [6.45, 7) is 3.06. The van der Waals surface area contributed by atoms with Gasteiger partial charge in [0, 0.05) is 25.0 Å². The van der Waals surface area contributed by atoms with Gasteiger partial charge < -0.3 is 21.3 Å². The number of aliphatic carboxylic acids is 1. The SMILES string of the molecule is CC(C)(N)CC(=O)N[C@@H](CCO)C(=O)O. The van der Waals surface area contributed by atoms with E-state index in [0.29, 0.717) is 0 Å². The Labute approximate surface area is 88.5 Å². The Balaban J connectivity index is 4.18. The number of aliphatic hydroxyl groups is 1. The van der Waals surface area contributed by atoms with Crippen molar-refractivity contribution in [2.45, 2.75) is 38.3 Å². The first kappa shape index (κ1) is 13.9. The summed E-state index contributed by atoms with van der Waals surface area (Å²) in [5.41, 5.74) is 4.93. The van der Waals surface area contributed by atoms with Gasteiger partial charge in [-0.05, 0) is 13.8 Å². The quantitative estimate of drug-likeness (QED) is 0.460. The molecular formula is C9H18N2O4. The number of amides is 1. The molecule has 0 aromatic rings. The summed E-state index contributed by atoms with van der Waals surface area (Å²) in [7, 11) is 0. The smallest absolute Gasteiger partial charge is 0.326 e. The minimum Gasteiger partial charge on any atom is -0.480 e. The van der Waals surface area contributed by atoms with Crippen molar-refractivity contribution in [3.63, 3.8) is 0 Å². The van der Waals surface area contributed by atoms with Gasteiger partial charge in [0.1, 0.15) is 6.04 Å². The fourth-order valence-corrected chi connectivity index (χ4v) is 1.05. The molecule has 0 fully saturated rings. The summed E-state index contributed by atoms with van der Waals surface area (Å²) in [6.07, 6.45) is 0.0360. The molecule has 0 aromatic carbocycles. The standard InChI is InChI=1S/C9H18N2O4/c1-9(2,10)5-7(13)11-6(3-4-12)8(14)15/h6,12H,3-5,10H2,1-2H3,(H,11,13)(H,14,15)/t6-/m0/s1. The molecule has 0 unspecified atom stereocenters. The Bertz CT molecular complexity index is 235. The van der Waals surface area contributed by atoms with Gasteiger partial charge in [0.25, 0.3) is 0 Å². The molecule has 0 heterocycles. The maximum Gasteiger partial charge on any atom is 0.326 e. The molecule has 6 heteroatoms. The van der Waals surface area contributed by atoms with Crippen LogP contribution in [-0.4, -0.2) is 40.3 Å². The molecule has 0 aromatic heterocycles. The molecular weight excluding hydrogens is 200 g/mol. The first-order valence-electron chi connectivity index (χ1n) is 4.68. The maximum atomic E-state index is 11.3. The van der Waals surface area contributed by atoms with Crippen LogP contribution in [-0.2, 0) is 9.59 Å². The lowest BCUT2D eigenvalue weighted by atomic mass is 10.0. The molecule has 0 rings (SSSR count). The number of carboxylic acid groups (broad SMARTS) is 1. The highest BCUT2D eigenvalue weighted by atomic mass is 16.4. The van der Waals surface area contributed by atoms with Gasteiger partial charge in [-0.3, -0.25) is 4.79 Å². The van der Waals surface area contributed by atoms with Crippen LogP contribution in [0.25, 0.3) is 0 Å². The number of carboxylic acids is 1. The van der Waals surface area contributed by atoms with E-state index in [2.05, 4.69) is 5.32 Å². The lowest BCUT2D eigenvalue weighted by Gasteiger charge is -2.19. The lowest BCUT2D eigenvalue weighted by Crippen LogP contribution is -2.45. The largest absolute Gasteiger partial charge is 0.480 e. The van der Waals surface area contributed by atoms with E-state index in [1.165, 1.54) is 0 Å². The van der Waals surface area contributed by atoms with E-state index in [1.807, 2.05) is 0 Å². The lowest BCUT2D eigenvalue weighted by molar-refractivity contribution is -0.142. The number of aliphatic hydroxyl groups excluding tert-OH is 1. The fourth-order valence-electron chi connectivity index (χ4n) is 1.05. The van der Waals surface area contributed by atoms with Gasteiger partial charge in [-0.1, -0.05) is 0 Å². The average Bonchev–Trinajstić information content (AvgIpc) is 1.99. The minimum absolute atomic E-state index is 0.00786. The van der Waals surface area contributed by atoms with Crippen molar-refractivity contribution < 1.29 is 19.8 Å². The monoisotopic (exact) mass is 218 g/mol. The van der Waals surface area contributed by atoms with Gasteiger partial charge in [-0.25, -0.2) is 4.79 Å². The van der Waals surface area contributed by atoms with Crippen LogP contribution >= 0.6 is 0 Å². The van der Waals surface area contributed by atoms with Crippen LogP contribution < -0.4 is 11.1 Å². The van der Waals surface area contributed by atoms with Crippen LogP contribution in [0, 0.1) is 0 Å². The number of carbonyl (C=O) groups is 2. The van der Waals surface area contributed by atoms with Crippen molar-refractivity contribution in [2.75, 3.05) is 6.61 Å². The Morgan fingerprint density at radius 1 is 1.47 bits per heavy atom. The van der Waals surface area contributed by atoms with E-state index in [9.17, 15) is 9.59 Å². The maximum absolute atomic E-state index is 11.3. The van der Waals surface area contributed by atoms with Crippen molar-refractivity contribution in [3.05, 3.63) is 0 Å². The van der Waals surface area contributed by atoms with Crippen molar-refractivity contribution >= 4 is 11.9 Å². The molecule has 0 saturated heterocycles. The highest BCUT2D eigenvalue weighted by Gasteiger charge is 2.22.